The van der Waals surface area contributed by atoms with Crippen molar-refractivity contribution in [3.8, 4) is 80.5 Å². The third-order valence-electron chi connectivity index (χ3n) is 8.37. The fourth-order valence-corrected chi connectivity index (χ4v) is 5.53. The van der Waals surface area contributed by atoms with Crippen LogP contribution < -0.4 is 44.6 Å². The fourth-order valence-electron chi connectivity index (χ4n) is 5.53. The highest BCUT2D eigenvalue weighted by molar-refractivity contribution is 5.51. The van der Waals surface area contributed by atoms with Crippen LogP contribution in [0.3, 0.4) is 0 Å². The van der Waals surface area contributed by atoms with Crippen LogP contribution in [0.1, 0.15) is 0 Å². The van der Waals surface area contributed by atoms with E-state index in [1.807, 2.05) is 170 Å². The molecule has 0 aromatic heterocycles. The molecule has 0 radical (unpaired) electrons. The molecule has 0 aliphatic rings. The van der Waals surface area contributed by atoms with E-state index in [1.54, 1.807) is 24.3 Å². The van der Waals surface area contributed by atoms with Crippen LogP contribution in [0.15, 0.2) is 194 Å². The second-order valence-electron chi connectivity index (χ2n) is 12.6. The maximum atomic E-state index is 6.36. The zero-order valence-electron chi connectivity index (χ0n) is 30.5. The van der Waals surface area contributed by atoms with Gasteiger partial charge in [-0.2, -0.15) is 0 Å². The van der Waals surface area contributed by atoms with E-state index in [0.29, 0.717) is 91.9 Å². The van der Waals surface area contributed by atoms with E-state index in [-0.39, 0.29) is 0 Å². The standard InChI is InChI=1S/C48H36N2O7/c49-33-9-13-35(14-10-33)51-37-17-21-39(22-18-37)53-41-25-29-43(30-26-41)55-45-5-1-3-7-47(45)57-48-8-4-2-6-46(48)56-44-31-27-42(28-32-44)54-40-23-19-38(20-24-40)52-36-15-11-34(50)12-16-36/h1-32H,49-50H2. The van der Waals surface area contributed by atoms with Crippen LogP contribution in [0.2, 0.25) is 0 Å². The number of nitrogens with two attached hydrogens (primary N) is 2. The summed E-state index contributed by atoms with van der Waals surface area (Å²) in [5.41, 5.74) is 12.9. The van der Waals surface area contributed by atoms with Crippen LogP contribution in [-0.2, 0) is 0 Å². The van der Waals surface area contributed by atoms with Gasteiger partial charge in [0.05, 0.1) is 0 Å². The van der Waals surface area contributed by atoms with Crippen molar-refractivity contribution in [3.05, 3.63) is 194 Å². The van der Waals surface area contributed by atoms with Crippen molar-refractivity contribution in [1.82, 2.24) is 0 Å². The van der Waals surface area contributed by atoms with Gasteiger partial charge in [0, 0.05) is 11.4 Å². The van der Waals surface area contributed by atoms with Crippen molar-refractivity contribution in [3.63, 3.8) is 0 Å². The Kier molecular flexibility index (Phi) is 10.7. The summed E-state index contributed by atoms with van der Waals surface area (Å²) in [6, 6.07) is 58.8. The normalized spacial score (nSPS) is 10.6. The van der Waals surface area contributed by atoms with Crippen molar-refractivity contribution >= 4 is 11.4 Å². The molecule has 9 heteroatoms. The molecule has 4 N–H and O–H groups in total. The van der Waals surface area contributed by atoms with Crippen LogP contribution in [0.4, 0.5) is 11.4 Å². The Hall–Kier alpha value is -8.04. The second kappa shape index (κ2) is 17.0. The minimum atomic E-state index is 0.517. The van der Waals surface area contributed by atoms with Gasteiger partial charge >= 0.3 is 0 Å². The monoisotopic (exact) mass is 752 g/mol. The van der Waals surface area contributed by atoms with Crippen LogP contribution in [0.25, 0.3) is 0 Å². The first kappa shape index (κ1) is 36.0. The maximum Gasteiger partial charge on any atom is 0.170 e. The minimum Gasteiger partial charge on any atom is -0.457 e. The lowest BCUT2D eigenvalue weighted by atomic mass is 10.2. The van der Waals surface area contributed by atoms with E-state index >= 15 is 0 Å². The third-order valence-corrected chi connectivity index (χ3v) is 8.37. The molecule has 9 nitrogen and oxygen atoms in total. The van der Waals surface area contributed by atoms with Crippen molar-refractivity contribution < 1.29 is 33.2 Å². The van der Waals surface area contributed by atoms with Crippen LogP contribution in [-0.4, -0.2) is 0 Å². The lowest BCUT2D eigenvalue weighted by Gasteiger charge is -2.15. The Morgan fingerprint density at radius 3 is 0.596 bits per heavy atom. The van der Waals surface area contributed by atoms with E-state index in [1.165, 1.54) is 0 Å². The van der Waals surface area contributed by atoms with Gasteiger partial charge in [0.15, 0.2) is 23.0 Å². The summed E-state index contributed by atoms with van der Waals surface area (Å²) < 4.78 is 42.7. The lowest BCUT2D eigenvalue weighted by molar-refractivity contribution is 0.393. The first-order valence-electron chi connectivity index (χ1n) is 18.0. The number of anilines is 2. The molecule has 0 bridgehead atoms. The number of rotatable bonds is 14. The third kappa shape index (κ3) is 9.74. The van der Waals surface area contributed by atoms with E-state index in [4.69, 9.17) is 44.6 Å². The zero-order valence-corrected chi connectivity index (χ0v) is 30.5. The highest BCUT2D eigenvalue weighted by Gasteiger charge is 2.13. The molecule has 280 valence electrons. The van der Waals surface area contributed by atoms with Gasteiger partial charge in [0.25, 0.3) is 0 Å². The highest BCUT2D eigenvalue weighted by Crippen LogP contribution is 2.40. The fraction of sp³-hybridized carbons (Fsp3) is 0. The van der Waals surface area contributed by atoms with E-state index in [9.17, 15) is 0 Å². The van der Waals surface area contributed by atoms with Crippen molar-refractivity contribution in [2.75, 3.05) is 11.5 Å². The van der Waals surface area contributed by atoms with Gasteiger partial charge in [0.1, 0.15) is 57.5 Å². The molecule has 0 fully saturated rings. The van der Waals surface area contributed by atoms with E-state index in [2.05, 4.69) is 0 Å². The average Bonchev–Trinajstić information content (AvgIpc) is 3.24. The molecular weight excluding hydrogens is 717 g/mol. The van der Waals surface area contributed by atoms with Crippen molar-refractivity contribution in [2.24, 2.45) is 0 Å². The zero-order chi connectivity index (χ0) is 38.8. The summed E-state index contributed by atoms with van der Waals surface area (Å²) in [6.07, 6.45) is 0. The Bertz CT molecular complexity index is 2350. The molecule has 0 aliphatic carbocycles. The molecule has 0 amide bonds. The number of benzene rings is 8. The largest absolute Gasteiger partial charge is 0.457 e. The first-order chi connectivity index (χ1) is 28.0. The SMILES string of the molecule is Nc1ccc(Oc2ccc(Oc3ccc(Oc4ccccc4Oc4ccccc4Oc4ccc(Oc5ccc(Oc6ccc(N)cc6)cc5)cc4)cc3)cc2)cc1. The number of nitrogen functional groups attached to an aromatic ring is 2. The Labute approximate surface area is 329 Å². The summed E-state index contributed by atoms with van der Waals surface area (Å²) in [4.78, 5) is 0. The molecule has 8 aromatic carbocycles. The van der Waals surface area contributed by atoms with Crippen LogP contribution in [0.5, 0.6) is 80.5 Å². The molecule has 0 aliphatic heterocycles. The minimum absolute atomic E-state index is 0.517. The predicted molar refractivity (Wildman–Crippen MR) is 221 cm³/mol. The molecule has 0 atom stereocenters. The highest BCUT2D eigenvalue weighted by atomic mass is 16.5. The Balaban J connectivity index is 0.863. The number of hydrogen-bond acceptors (Lipinski definition) is 9. The Morgan fingerprint density at radius 2 is 0.368 bits per heavy atom. The average molecular weight is 753 g/mol. The topological polar surface area (TPSA) is 117 Å². The van der Waals surface area contributed by atoms with Gasteiger partial charge in [-0.3, -0.25) is 0 Å². The van der Waals surface area contributed by atoms with E-state index in [0.717, 1.165) is 0 Å². The van der Waals surface area contributed by atoms with Gasteiger partial charge in [0.2, 0.25) is 0 Å². The second-order valence-corrected chi connectivity index (χ2v) is 12.6. The van der Waals surface area contributed by atoms with Crippen LogP contribution >= 0.6 is 0 Å². The quantitative estimate of drug-likeness (QED) is 0.105. The summed E-state index contributed by atoms with van der Waals surface area (Å²) in [5, 5.41) is 0. The van der Waals surface area contributed by atoms with Gasteiger partial charge < -0.3 is 44.6 Å². The summed E-state index contributed by atoms with van der Waals surface area (Å²) in [7, 11) is 0. The summed E-state index contributed by atoms with van der Waals surface area (Å²) >= 11 is 0. The molecule has 0 saturated heterocycles. The van der Waals surface area contributed by atoms with E-state index < -0.39 is 0 Å². The van der Waals surface area contributed by atoms with Gasteiger partial charge in [-0.1, -0.05) is 24.3 Å². The Morgan fingerprint density at radius 1 is 0.193 bits per heavy atom. The molecule has 0 saturated carbocycles. The molecule has 0 unspecified atom stereocenters. The molecular formula is C48H36N2O7. The molecule has 8 aromatic rings. The lowest BCUT2D eigenvalue weighted by Crippen LogP contribution is -1.93. The van der Waals surface area contributed by atoms with Crippen molar-refractivity contribution in [2.45, 2.75) is 0 Å². The summed E-state index contributed by atoms with van der Waals surface area (Å²) in [6.45, 7) is 0. The smallest absolute Gasteiger partial charge is 0.170 e. The molecule has 0 heterocycles. The first-order valence-corrected chi connectivity index (χ1v) is 18.0. The predicted octanol–water partition coefficient (Wildman–Crippen LogP) is 13.4. The van der Waals surface area contributed by atoms with Gasteiger partial charge in [-0.25, -0.2) is 0 Å². The summed E-state index contributed by atoms with van der Waals surface area (Å²) in [5.74, 6) is 8.74. The number of para-hydroxylation sites is 4. The van der Waals surface area contributed by atoms with Gasteiger partial charge in [-0.15, -0.1) is 0 Å². The number of ether oxygens (including phenoxy) is 7. The number of hydrogen-bond donors (Lipinski definition) is 2. The molecule has 8 rings (SSSR count). The molecule has 57 heavy (non-hydrogen) atoms. The maximum absolute atomic E-state index is 6.36. The van der Waals surface area contributed by atoms with Gasteiger partial charge in [-0.05, 0) is 170 Å². The van der Waals surface area contributed by atoms with Crippen molar-refractivity contribution in [1.29, 1.82) is 0 Å². The van der Waals surface area contributed by atoms with Crippen LogP contribution in [0, 0.1) is 0 Å². The molecule has 0 spiro atoms.